The Labute approximate surface area is 113 Å². The number of carboxylic acids is 1. The third kappa shape index (κ3) is 2.37. The fraction of sp³-hybridized carbons (Fsp3) is 0.154. The summed E-state index contributed by atoms with van der Waals surface area (Å²) in [5, 5.41) is 19.8. The van der Waals surface area contributed by atoms with Crippen LogP contribution in [0, 0.1) is 15.9 Å². The molecule has 0 atom stereocenters. The fourth-order valence-electron chi connectivity index (χ4n) is 2.07. The van der Waals surface area contributed by atoms with E-state index in [1.165, 1.54) is 22.8 Å². The maximum Gasteiger partial charge on any atom is 0.352 e. The van der Waals surface area contributed by atoms with Crippen LogP contribution in [0.1, 0.15) is 17.4 Å². The molecule has 20 heavy (non-hydrogen) atoms. The number of aromatic nitrogens is 1. The zero-order valence-corrected chi connectivity index (χ0v) is 10.5. The molecule has 0 amide bonds. The van der Waals surface area contributed by atoms with E-state index in [1.807, 2.05) is 0 Å². The Bertz CT molecular complexity index is 694. The van der Waals surface area contributed by atoms with Gasteiger partial charge in [-0.05, 0) is 25.1 Å². The van der Waals surface area contributed by atoms with E-state index in [0.29, 0.717) is 12.2 Å². The van der Waals surface area contributed by atoms with Crippen molar-refractivity contribution in [2.75, 3.05) is 0 Å². The molecule has 0 fully saturated rings. The number of carboxylic acid groups (broad SMARTS) is 1. The number of hydrogen-bond acceptors (Lipinski definition) is 3. The quantitative estimate of drug-likeness (QED) is 0.688. The molecule has 0 bridgehead atoms. The first-order valence-electron chi connectivity index (χ1n) is 5.82. The van der Waals surface area contributed by atoms with E-state index in [2.05, 4.69) is 0 Å². The lowest BCUT2D eigenvalue weighted by molar-refractivity contribution is -0.385. The van der Waals surface area contributed by atoms with E-state index in [1.54, 1.807) is 6.92 Å². The van der Waals surface area contributed by atoms with Crippen LogP contribution >= 0.6 is 0 Å². The van der Waals surface area contributed by atoms with Crippen LogP contribution in [-0.2, 0) is 6.54 Å². The highest BCUT2D eigenvalue weighted by Gasteiger charge is 2.17. The SMILES string of the molecule is CCn1c(C(=O)O)ccc1-c1cc(F)cc([N+](=O)[O-])c1. The minimum Gasteiger partial charge on any atom is -0.477 e. The van der Waals surface area contributed by atoms with Crippen LogP contribution in [-0.4, -0.2) is 20.6 Å². The fourth-order valence-corrected chi connectivity index (χ4v) is 2.07. The third-order valence-electron chi connectivity index (χ3n) is 2.91. The largest absolute Gasteiger partial charge is 0.477 e. The smallest absolute Gasteiger partial charge is 0.352 e. The van der Waals surface area contributed by atoms with Gasteiger partial charge >= 0.3 is 5.97 Å². The number of halogens is 1. The van der Waals surface area contributed by atoms with E-state index >= 15 is 0 Å². The van der Waals surface area contributed by atoms with Gasteiger partial charge in [0.05, 0.1) is 11.0 Å². The lowest BCUT2D eigenvalue weighted by atomic mass is 10.1. The highest BCUT2D eigenvalue weighted by Crippen LogP contribution is 2.27. The first kappa shape index (κ1) is 13.7. The zero-order chi connectivity index (χ0) is 14.9. The molecule has 0 saturated heterocycles. The van der Waals surface area contributed by atoms with Gasteiger partial charge in [-0.2, -0.15) is 0 Å². The summed E-state index contributed by atoms with van der Waals surface area (Å²) in [6, 6.07) is 6.07. The van der Waals surface area contributed by atoms with E-state index in [4.69, 9.17) is 5.11 Å². The Balaban J connectivity index is 2.62. The summed E-state index contributed by atoms with van der Waals surface area (Å²) in [4.78, 5) is 21.1. The number of aromatic carboxylic acids is 1. The molecule has 2 rings (SSSR count). The maximum absolute atomic E-state index is 13.4. The molecule has 0 saturated carbocycles. The molecule has 1 N–H and O–H groups in total. The van der Waals surface area contributed by atoms with Crippen LogP contribution < -0.4 is 0 Å². The molecule has 0 spiro atoms. The Kier molecular flexibility index (Phi) is 3.51. The predicted molar refractivity (Wildman–Crippen MR) is 69.1 cm³/mol. The number of rotatable bonds is 4. The topological polar surface area (TPSA) is 85.4 Å². The lowest BCUT2D eigenvalue weighted by Gasteiger charge is -2.09. The molecule has 1 aromatic heterocycles. The molecule has 104 valence electrons. The van der Waals surface area contributed by atoms with Crippen molar-refractivity contribution >= 4 is 11.7 Å². The van der Waals surface area contributed by atoms with Crippen molar-refractivity contribution in [1.82, 2.24) is 4.57 Å². The summed E-state index contributed by atoms with van der Waals surface area (Å²) >= 11 is 0. The van der Waals surface area contributed by atoms with E-state index in [9.17, 15) is 19.3 Å². The number of benzene rings is 1. The highest BCUT2D eigenvalue weighted by molar-refractivity contribution is 5.87. The first-order valence-corrected chi connectivity index (χ1v) is 5.82. The summed E-state index contributed by atoms with van der Waals surface area (Å²) in [6.45, 7) is 2.10. The van der Waals surface area contributed by atoms with Gasteiger partial charge in [0.25, 0.3) is 5.69 Å². The molecule has 6 nitrogen and oxygen atoms in total. The normalized spacial score (nSPS) is 10.5. The summed E-state index contributed by atoms with van der Waals surface area (Å²) in [5.41, 5.74) is 0.369. The second-order valence-electron chi connectivity index (χ2n) is 4.11. The van der Waals surface area contributed by atoms with Crippen LogP contribution in [0.25, 0.3) is 11.3 Å². The maximum atomic E-state index is 13.4. The summed E-state index contributed by atoms with van der Waals surface area (Å²) in [6.07, 6.45) is 0. The van der Waals surface area contributed by atoms with Gasteiger partial charge in [-0.15, -0.1) is 0 Å². The first-order chi connectivity index (χ1) is 9.43. The molecule has 0 unspecified atom stereocenters. The molecule has 2 aromatic rings. The number of hydrogen-bond donors (Lipinski definition) is 1. The molecule has 1 heterocycles. The Morgan fingerprint density at radius 1 is 1.40 bits per heavy atom. The van der Waals surface area contributed by atoms with E-state index in [0.717, 1.165) is 12.1 Å². The molecule has 0 aliphatic heterocycles. The third-order valence-corrected chi connectivity index (χ3v) is 2.91. The summed E-state index contributed by atoms with van der Waals surface area (Å²) < 4.78 is 14.9. The van der Waals surface area contributed by atoms with Crippen LogP contribution in [0.5, 0.6) is 0 Å². The van der Waals surface area contributed by atoms with Gasteiger partial charge in [0, 0.05) is 23.9 Å². The number of nitrogens with zero attached hydrogens (tertiary/aromatic N) is 2. The number of nitro benzene ring substituents is 1. The van der Waals surface area contributed by atoms with Gasteiger partial charge in [-0.3, -0.25) is 10.1 Å². The molecule has 0 radical (unpaired) electrons. The van der Waals surface area contributed by atoms with E-state index < -0.39 is 16.7 Å². The van der Waals surface area contributed by atoms with Crippen LogP contribution in [0.15, 0.2) is 30.3 Å². The van der Waals surface area contributed by atoms with Crippen molar-refractivity contribution in [2.24, 2.45) is 0 Å². The molecule has 0 aliphatic rings. The van der Waals surface area contributed by atoms with Gasteiger partial charge in [0.1, 0.15) is 11.5 Å². The van der Waals surface area contributed by atoms with Gasteiger partial charge in [0.2, 0.25) is 0 Å². The average molecular weight is 278 g/mol. The second-order valence-corrected chi connectivity index (χ2v) is 4.11. The van der Waals surface area contributed by atoms with Gasteiger partial charge in [-0.25, -0.2) is 9.18 Å². The van der Waals surface area contributed by atoms with Crippen molar-refractivity contribution in [2.45, 2.75) is 13.5 Å². The second kappa shape index (κ2) is 5.12. The van der Waals surface area contributed by atoms with Gasteiger partial charge in [-0.1, -0.05) is 0 Å². The molecule has 0 aliphatic carbocycles. The van der Waals surface area contributed by atoms with Crippen molar-refractivity contribution in [3.63, 3.8) is 0 Å². The van der Waals surface area contributed by atoms with Gasteiger partial charge < -0.3 is 9.67 Å². The van der Waals surface area contributed by atoms with E-state index in [-0.39, 0.29) is 16.9 Å². The Hall–Kier alpha value is -2.70. The predicted octanol–water partition coefficient (Wildman–Crippen LogP) is 2.92. The number of nitro groups is 1. The van der Waals surface area contributed by atoms with Crippen molar-refractivity contribution in [3.05, 3.63) is 52.0 Å². The molecular weight excluding hydrogens is 267 g/mol. The minimum atomic E-state index is -1.11. The molecular formula is C13H11FN2O4. The van der Waals surface area contributed by atoms with Gasteiger partial charge in [0.15, 0.2) is 0 Å². The van der Waals surface area contributed by atoms with Crippen molar-refractivity contribution in [1.29, 1.82) is 0 Å². The van der Waals surface area contributed by atoms with Crippen molar-refractivity contribution < 1.29 is 19.2 Å². The van der Waals surface area contributed by atoms with Crippen LogP contribution in [0.2, 0.25) is 0 Å². The Morgan fingerprint density at radius 2 is 2.10 bits per heavy atom. The number of non-ortho nitro benzene ring substituents is 1. The average Bonchev–Trinajstić information content (AvgIpc) is 2.81. The van der Waals surface area contributed by atoms with Crippen LogP contribution in [0.4, 0.5) is 10.1 Å². The standard InChI is InChI=1S/C13H11FN2O4/c1-2-15-11(3-4-12(15)13(17)18)8-5-9(14)7-10(6-8)16(19)20/h3-7H,2H2,1H3,(H,17,18). The lowest BCUT2D eigenvalue weighted by Crippen LogP contribution is -2.08. The summed E-state index contributed by atoms with van der Waals surface area (Å²) in [5.74, 6) is -1.85. The van der Waals surface area contributed by atoms with Crippen LogP contribution in [0.3, 0.4) is 0 Å². The minimum absolute atomic E-state index is 0.0504. The highest BCUT2D eigenvalue weighted by atomic mass is 19.1. The zero-order valence-electron chi connectivity index (χ0n) is 10.5. The van der Waals surface area contributed by atoms with Crippen molar-refractivity contribution in [3.8, 4) is 11.3 Å². The molecule has 7 heteroatoms. The summed E-state index contributed by atoms with van der Waals surface area (Å²) in [7, 11) is 0. The Morgan fingerprint density at radius 3 is 2.65 bits per heavy atom. The number of carbonyl (C=O) groups is 1. The monoisotopic (exact) mass is 278 g/mol. The molecule has 1 aromatic carbocycles.